The molecule has 2 N–H and O–H groups in total. The van der Waals surface area contributed by atoms with Gasteiger partial charge in [-0.25, -0.2) is 0 Å². The summed E-state index contributed by atoms with van der Waals surface area (Å²) in [6.45, 7) is 2.09. The molecule has 0 radical (unpaired) electrons. The topological polar surface area (TPSA) is 38.9 Å². The molecule has 0 amide bonds. The highest BCUT2D eigenvalue weighted by molar-refractivity contribution is 7.99. The highest BCUT2D eigenvalue weighted by atomic mass is 32.2. The number of aryl methyl sites for hydroxylation is 1. The Balaban J connectivity index is 2.06. The minimum atomic E-state index is 0.774. The fourth-order valence-electron chi connectivity index (χ4n) is 1.98. The van der Waals surface area contributed by atoms with Gasteiger partial charge in [-0.15, -0.1) is 0 Å². The maximum absolute atomic E-state index is 5.99. The maximum Gasteiger partial charge on any atom is 0.0861 e. The van der Waals surface area contributed by atoms with Crippen LogP contribution in [0.4, 0.5) is 5.69 Å². The molecule has 1 aromatic heterocycles. The normalized spacial score (nSPS) is 10.8. The first kappa shape index (κ1) is 12.1. The molecule has 19 heavy (non-hydrogen) atoms. The lowest BCUT2D eigenvalue weighted by Gasteiger charge is -2.07. The molecule has 0 saturated carbocycles. The van der Waals surface area contributed by atoms with Gasteiger partial charge in [-0.2, -0.15) is 0 Å². The molecule has 0 bridgehead atoms. The largest absolute Gasteiger partial charge is 0.398 e. The Hall–Kier alpha value is -2.00. The number of nitrogen functional groups attached to an aromatic ring is 1. The summed E-state index contributed by atoms with van der Waals surface area (Å²) in [4.78, 5) is 6.80. The average molecular weight is 266 g/mol. The predicted octanol–water partition coefficient (Wildman–Crippen LogP) is 4.28. The van der Waals surface area contributed by atoms with E-state index < -0.39 is 0 Å². The van der Waals surface area contributed by atoms with Crippen LogP contribution in [0, 0.1) is 6.92 Å². The Kier molecular flexibility index (Phi) is 3.13. The number of aromatic nitrogens is 1. The zero-order valence-corrected chi connectivity index (χ0v) is 11.4. The zero-order chi connectivity index (χ0) is 13.2. The number of rotatable bonds is 2. The van der Waals surface area contributed by atoms with Crippen LogP contribution in [0.5, 0.6) is 0 Å². The molecule has 2 nitrogen and oxygen atoms in total. The van der Waals surface area contributed by atoms with Crippen molar-refractivity contribution in [1.82, 2.24) is 4.98 Å². The number of pyridine rings is 1. The smallest absolute Gasteiger partial charge is 0.0861 e. The minimum absolute atomic E-state index is 0.774. The molecule has 0 saturated heterocycles. The summed E-state index contributed by atoms with van der Waals surface area (Å²) < 4.78 is 0. The van der Waals surface area contributed by atoms with E-state index in [0.29, 0.717) is 0 Å². The number of anilines is 1. The Bertz CT molecular complexity index is 720. The molecule has 0 aliphatic carbocycles. The molecule has 2 aromatic carbocycles. The fourth-order valence-corrected chi connectivity index (χ4v) is 2.91. The molecular formula is C16H14N2S. The number of nitrogens with two attached hydrogens (primary N) is 1. The van der Waals surface area contributed by atoms with Gasteiger partial charge in [0.25, 0.3) is 0 Å². The van der Waals surface area contributed by atoms with Gasteiger partial charge in [0, 0.05) is 27.1 Å². The lowest BCUT2D eigenvalue weighted by atomic mass is 10.2. The lowest BCUT2D eigenvalue weighted by Crippen LogP contribution is -1.90. The van der Waals surface area contributed by atoms with Crippen molar-refractivity contribution in [2.75, 3.05) is 5.73 Å². The highest BCUT2D eigenvalue weighted by Gasteiger charge is 2.06. The SMILES string of the molecule is Cc1ccc(Sc2ccc(N)c3cccnc23)cc1. The van der Waals surface area contributed by atoms with Crippen LogP contribution >= 0.6 is 11.8 Å². The van der Waals surface area contributed by atoms with Crippen molar-refractivity contribution in [1.29, 1.82) is 0 Å². The second-order valence-electron chi connectivity index (χ2n) is 4.47. The molecule has 0 atom stereocenters. The molecule has 94 valence electrons. The number of hydrogen-bond donors (Lipinski definition) is 1. The number of hydrogen-bond acceptors (Lipinski definition) is 3. The first-order valence-electron chi connectivity index (χ1n) is 6.12. The van der Waals surface area contributed by atoms with Gasteiger partial charge in [0.1, 0.15) is 0 Å². The van der Waals surface area contributed by atoms with Crippen molar-refractivity contribution in [2.45, 2.75) is 16.7 Å². The van der Waals surface area contributed by atoms with E-state index in [1.165, 1.54) is 10.5 Å². The zero-order valence-electron chi connectivity index (χ0n) is 10.6. The van der Waals surface area contributed by atoms with Gasteiger partial charge in [-0.05, 0) is 43.3 Å². The number of nitrogens with zero attached hydrogens (tertiary/aromatic N) is 1. The Morgan fingerprint density at radius 1 is 1.00 bits per heavy atom. The van der Waals surface area contributed by atoms with Gasteiger partial charge in [0.15, 0.2) is 0 Å². The molecule has 3 aromatic rings. The molecular weight excluding hydrogens is 252 g/mol. The maximum atomic E-state index is 5.99. The third-order valence-electron chi connectivity index (χ3n) is 3.02. The van der Waals surface area contributed by atoms with E-state index in [2.05, 4.69) is 36.2 Å². The van der Waals surface area contributed by atoms with Gasteiger partial charge in [0.2, 0.25) is 0 Å². The summed E-state index contributed by atoms with van der Waals surface area (Å²) in [5.74, 6) is 0. The van der Waals surface area contributed by atoms with E-state index in [0.717, 1.165) is 21.5 Å². The van der Waals surface area contributed by atoms with Crippen LogP contribution in [-0.4, -0.2) is 4.98 Å². The van der Waals surface area contributed by atoms with Crippen molar-refractivity contribution < 1.29 is 0 Å². The molecule has 0 aliphatic rings. The van der Waals surface area contributed by atoms with Gasteiger partial charge >= 0.3 is 0 Å². The van der Waals surface area contributed by atoms with Crippen LogP contribution in [0.3, 0.4) is 0 Å². The summed E-state index contributed by atoms with van der Waals surface area (Å²) in [6.07, 6.45) is 1.81. The van der Waals surface area contributed by atoms with Crippen LogP contribution in [0.25, 0.3) is 10.9 Å². The Labute approximate surface area is 116 Å². The quantitative estimate of drug-likeness (QED) is 0.704. The molecule has 3 rings (SSSR count). The van der Waals surface area contributed by atoms with E-state index in [-0.39, 0.29) is 0 Å². The summed E-state index contributed by atoms with van der Waals surface area (Å²) in [5.41, 5.74) is 9.00. The highest BCUT2D eigenvalue weighted by Crippen LogP contribution is 2.34. The van der Waals surface area contributed by atoms with Crippen molar-refractivity contribution >= 4 is 28.4 Å². The van der Waals surface area contributed by atoms with Crippen molar-refractivity contribution in [2.24, 2.45) is 0 Å². The molecule has 0 spiro atoms. The second-order valence-corrected chi connectivity index (χ2v) is 5.58. The van der Waals surface area contributed by atoms with Gasteiger partial charge in [0.05, 0.1) is 5.52 Å². The van der Waals surface area contributed by atoms with Crippen molar-refractivity contribution in [3.63, 3.8) is 0 Å². The summed E-state index contributed by atoms with van der Waals surface area (Å²) in [7, 11) is 0. The summed E-state index contributed by atoms with van der Waals surface area (Å²) in [6, 6.07) is 16.4. The van der Waals surface area contributed by atoms with E-state index in [4.69, 9.17) is 5.73 Å². The summed E-state index contributed by atoms with van der Waals surface area (Å²) in [5, 5.41) is 1.01. The molecule has 0 fully saturated rings. The molecule has 0 aliphatic heterocycles. The Morgan fingerprint density at radius 3 is 2.58 bits per heavy atom. The second kappa shape index (κ2) is 4.94. The van der Waals surface area contributed by atoms with Crippen molar-refractivity contribution in [3.8, 4) is 0 Å². The van der Waals surface area contributed by atoms with Gasteiger partial charge in [-0.3, -0.25) is 4.98 Å². The Morgan fingerprint density at radius 2 is 1.79 bits per heavy atom. The van der Waals surface area contributed by atoms with Crippen molar-refractivity contribution in [3.05, 3.63) is 60.3 Å². The summed E-state index contributed by atoms with van der Waals surface area (Å²) >= 11 is 1.72. The number of fused-ring (bicyclic) bond motifs is 1. The van der Waals surface area contributed by atoms with E-state index in [1.54, 1.807) is 18.0 Å². The lowest BCUT2D eigenvalue weighted by molar-refractivity contribution is 1.33. The van der Waals surface area contributed by atoms with Gasteiger partial charge in [-0.1, -0.05) is 29.5 Å². The van der Waals surface area contributed by atoms with E-state index >= 15 is 0 Å². The van der Waals surface area contributed by atoms with Crippen LogP contribution < -0.4 is 5.73 Å². The third kappa shape index (κ3) is 2.42. The van der Waals surface area contributed by atoms with Gasteiger partial charge < -0.3 is 5.73 Å². The monoisotopic (exact) mass is 266 g/mol. The van der Waals surface area contributed by atoms with E-state index in [9.17, 15) is 0 Å². The third-order valence-corrected chi connectivity index (χ3v) is 4.07. The predicted molar refractivity (Wildman–Crippen MR) is 81.5 cm³/mol. The average Bonchev–Trinajstić information content (AvgIpc) is 2.45. The number of benzene rings is 2. The standard InChI is InChI=1S/C16H14N2S/c1-11-4-6-12(7-5-11)19-15-9-8-14(17)13-3-2-10-18-16(13)15/h2-10H,17H2,1H3. The van der Waals surface area contributed by atoms with Crippen LogP contribution in [0.15, 0.2) is 64.5 Å². The first-order valence-corrected chi connectivity index (χ1v) is 6.93. The minimum Gasteiger partial charge on any atom is -0.398 e. The molecule has 1 heterocycles. The molecule has 0 unspecified atom stereocenters. The van der Waals surface area contributed by atoms with Crippen LogP contribution in [0.1, 0.15) is 5.56 Å². The van der Waals surface area contributed by atoms with Crippen LogP contribution in [0.2, 0.25) is 0 Å². The van der Waals surface area contributed by atoms with Crippen LogP contribution in [-0.2, 0) is 0 Å². The fraction of sp³-hybridized carbons (Fsp3) is 0.0625. The van der Waals surface area contributed by atoms with E-state index in [1.807, 2.05) is 24.3 Å². The first-order chi connectivity index (χ1) is 9.24. The molecule has 3 heteroatoms.